The number of benzene rings is 1. The van der Waals surface area contributed by atoms with Gasteiger partial charge in [0.1, 0.15) is 0 Å². The minimum Gasteiger partial charge on any atom is -0.399 e. The molecule has 18 heavy (non-hydrogen) atoms. The largest absolute Gasteiger partial charge is 0.399 e. The van der Waals surface area contributed by atoms with Crippen molar-refractivity contribution in [3.05, 3.63) is 24.3 Å². The number of nitrogen functional groups attached to an aromatic ring is 1. The summed E-state index contributed by atoms with van der Waals surface area (Å²) in [6.45, 7) is 3.04. The third kappa shape index (κ3) is 2.67. The lowest BCUT2D eigenvalue weighted by Crippen LogP contribution is -2.37. The highest BCUT2D eigenvalue weighted by molar-refractivity contribution is 7.89. The minimum absolute atomic E-state index is 0.331. The third-order valence-electron chi connectivity index (χ3n) is 3.56. The predicted octanol–water partition coefficient (Wildman–Crippen LogP) is 2.08. The van der Waals surface area contributed by atoms with Crippen molar-refractivity contribution in [2.45, 2.75) is 31.1 Å². The zero-order valence-electron chi connectivity index (χ0n) is 10.7. The number of hydrogen-bond acceptors (Lipinski definition) is 3. The maximum atomic E-state index is 12.4. The van der Waals surface area contributed by atoms with Crippen LogP contribution >= 0.6 is 0 Å². The summed E-state index contributed by atoms with van der Waals surface area (Å²) >= 11 is 0. The molecule has 0 saturated heterocycles. The van der Waals surface area contributed by atoms with Crippen molar-refractivity contribution >= 4 is 15.7 Å². The van der Waals surface area contributed by atoms with Crippen molar-refractivity contribution < 1.29 is 8.42 Å². The Morgan fingerprint density at radius 1 is 1.28 bits per heavy atom. The standard InChI is InChI=1S/C13H20N2O2S/c1-2-15(10-11-4-3-5-11)18(16,17)13-8-6-12(14)7-9-13/h6-9,11H,2-5,10,14H2,1H3. The Bertz CT molecular complexity index is 492. The van der Waals surface area contributed by atoms with Crippen molar-refractivity contribution in [2.75, 3.05) is 18.8 Å². The molecule has 100 valence electrons. The molecule has 1 fully saturated rings. The van der Waals surface area contributed by atoms with Crippen LogP contribution in [0.25, 0.3) is 0 Å². The second-order valence-electron chi connectivity index (χ2n) is 4.82. The zero-order valence-corrected chi connectivity index (χ0v) is 11.5. The second kappa shape index (κ2) is 5.28. The van der Waals surface area contributed by atoms with E-state index in [2.05, 4.69) is 0 Å². The van der Waals surface area contributed by atoms with E-state index in [9.17, 15) is 8.42 Å². The second-order valence-corrected chi connectivity index (χ2v) is 6.76. The smallest absolute Gasteiger partial charge is 0.243 e. The summed E-state index contributed by atoms with van der Waals surface area (Å²) in [4.78, 5) is 0.331. The van der Waals surface area contributed by atoms with E-state index in [0.717, 1.165) is 12.8 Å². The molecule has 0 radical (unpaired) electrons. The molecule has 1 aliphatic carbocycles. The molecule has 0 atom stereocenters. The third-order valence-corrected chi connectivity index (χ3v) is 5.51. The molecule has 2 rings (SSSR count). The summed E-state index contributed by atoms with van der Waals surface area (Å²) < 4.78 is 26.4. The molecule has 4 nitrogen and oxygen atoms in total. The minimum atomic E-state index is -3.36. The molecule has 0 bridgehead atoms. The normalized spacial score (nSPS) is 16.8. The fourth-order valence-corrected chi connectivity index (χ4v) is 3.67. The van der Waals surface area contributed by atoms with Gasteiger partial charge in [0.05, 0.1) is 4.90 Å². The Morgan fingerprint density at radius 2 is 1.89 bits per heavy atom. The molecule has 0 unspecified atom stereocenters. The van der Waals surface area contributed by atoms with Crippen LogP contribution in [-0.4, -0.2) is 25.8 Å². The Morgan fingerprint density at radius 3 is 2.33 bits per heavy atom. The summed E-state index contributed by atoms with van der Waals surface area (Å²) in [5.41, 5.74) is 6.16. The van der Waals surface area contributed by atoms with Crippen LogP contribution in [-0.2, 0) is 10.0 Å². The monoisotopic (exact) mass is 268 g/mol. The Labute approximate surface area is 109 Å². The van der Waals surface area contributed by atoms with E-state index in [0.29, 0.717) is 29.6 Å². The molecule has 5 heteroatoms. The maximum absolute atomic E-state index is 12.4. The molecule has 0 heterocycles. The highest BCUT2D eigenvalue weighted by Gasteiger charge is 2.28. The van der Waals surface area contributed by atoms with Crippen LogP contribution in [0.1, 0.15) is 26.2 Å². The van der Waals surface area contributed by atoms with E-state index in [1.807, 2.05) is 6.92 Å². The maximum Gasteiger partial charge on any atom is 0.243 e. The highest BCUT2D eigenvalue weighted by Crippen LogP contribution is 2.29. The fraction of sp³-hybridized carbons (Fsp3) is 0.538. The Kier molecular flexibility index (Phi) is 3.92. The van der Waals surface area contributed by atoms with Crippen molar-refractivity contribution in [3.63, 3.8) is 0 Å². The molecule has 0 aliphatic heterocycles. The van der Waals surface area contributed by atoms with Gasteiger partial charge >= 0.3 is 0 Å². The van der Waals surface area contributed by atoms with Gasteiger partial charge in [-0.1, -0.05) is 13.3 Å². The fourth-order valence-electron chi connectivity index (χ4n) is 2.15. The summed E-state index contributed by atoms with van der Waals surface area (Å²) in [6.07, 6.45) is 3.52. The number of nitrogens with two attached hydrogens (primary N) is 1. The van der Waals surface area contributed by atoms with E-state index in [1.54, 1.807) is 28.6 Å². The van der Waals surface area contributed by atoms with E-state index in [1.165, 1.54) is 6.42 Å². The van der Waals surface area contributed by atoms with Gasteiger partial charge in [0, 0.05) is 18.8 Å². The first kappa shape index (κ1) is 13.4. The first-order valence-electron chi connectivity index (χ1n) is 6.39. The number of sulfonamides is 1. The number of anilines is 1. The molecule has 0 amide bonds. The van der Waals surface area contributed by atoms with Gasteiger partial charge in [-0.05, 0) is 43.0 Å². The van der Waals surface area contributed by atoms with Gasteiger partial charge in [0.2, 0.25) is 10.0 Å². The van der Waals surface area contributed by atoms with Gasteiger partial charge in [-0.25, -0.2) is 8.42 Å². The molecule has 1 aromatic carbocycles. The van der Waals surface area contributed by atoms with Crippen LogP contribution in [0.15, 0.2) is 29.2 Å². The van der Waals surface area contributed by atoms with E-state index >= 15 is 0 Å². The van der Waals surface area contributed by atoms with Crippen LogP contribution in [0.2, 0.25) is 0 Å². The van der Waals surface area contributed by atoms with E-state index in [-0.39, 0.29) is 0 Å². The quantitative estimate of drug-likeness (QED) is 0.832. The number of hydrogen-bond donors (Lipinski definition) is 1. The average Bonchev–Trinajstić information content (AvgIpc) is 2.28. The van der Waals surface area contributed by atoms with Gasteiger partial charge < -0.3 is 5.73 Å². The SMILES string of the molecule is CCN(CC1CCC1)S(=O)(=O)c1ccc(N)cc1. The van der Waals surface area contributed by atoms with Crippen LogP contribution in [0.4, 0.5) is 5.69 Å². The zero-order chi connectivity index (χ0) is 13.2. The molecule has 2 N–H and O–H groups in total. The molecule has 0 aromatic heterocycles. The van der Waals surface area contributed by atoms with Crippen molar-refractivity contribution in [1.82, 2.24) is 4.31 Å². The van der Waals surface area contributed by atoms with Crippen molar-refractivity contribution in [3.8, 4) is 0 Å². The highest BCUT2D eigenvalue weighted by atomic mass is 32.2. The van der Waals surface area contributed by atoms with E-state index < -0.39 is 10.0 Å². The van der Waals surface area contributed by atoms with Gasteiger partial charge in [-0.2, -0.15) is 4.31 Å². The van der Waals surface area contributed by atoms with Crippen LogP contribution < -0.4 is 5.73 Å². The summed E-state index contributed by atoms with van der Waals surface area (Å²) in [5.74, 6) is 0.536. The van der Waals surface area contributed by atoms with Gasteiger partial charge in [-0.15, -0.1) is 0 Å². The van der Waals surface area contributed by atoms with Crippen molar-refractivity contribution in [1.29, 1.82) is 0 Å². The lowest BCUT2D eigenvalue weighted by Gasteiger charge is -2.31. The van der Waals surface area contributed by atoms with Crippen LogP contribution in [0.5, 0.6) is 0 Å². The van der Waals surface area contributed by atoms with Crippen molar-refractivity contribution in [2.24, 2.45) is 5.92 Å². The molecule has 1 saturated carbocycles. The lowest BCUT2D eigenvalue weighted by molar-refractivity contribution is 0.250. The van der Waals surface area contributed by atoms with Gasteiger partial charge in [-0.3, -0.25) is 0 Å². The Balaban J connectivity index is 2.18. The number of nitrogens with zero attached hydrogens (tertiary/aromatic N) is 1. The number of rotatable bonds is 5. The molecule has 0 spiro atoms. The first-order chi connectivity index (χ1) is 8.54. The summed E-state index contributed by atoms with van der Waals surface area (Å²) in [5, 5.41) is 0. The topological polar surface area (TPSA) is 63.4 Å². The summed E-state index contributed by atoms with van der Waals surface area (Å²) in [6, 6.07) is 6.41. The molecule has 1 aliphatic rings. The van der Waals surface area contributed by atoms with Gasteiger partial charge in [0.15, 0.2) is 0 Å². The van der Waals surface area contributed by atoms with Crippen LogP contribution in [0.3, 0.4) is 0 Å². The average molecular weight is 268 g/mol. The molecular formula is C13H20N2O2S. The van der Waals surface area contributed by atoms with E-state index in [4.69, 9.17) is 5.73 Å². The molecule has 1 aromatic rings. The molecular weight excluding hydrogens is 248 g/mol. The Hall–Kier alpha value is -1.07. The summed E-state index contributed by atoms with van der Waals surface area (Å²) in [7, 11) is -3.36. The first-order valence-corrected chi connectivity index (χ1v) is 7.83. The predicted molar refractivity (Wildman–Crippen MR) is 72.6 cm³/mol. The van der Waals surface area contributed by atoms with Gasteiger partial charge in [0.25, 0.3) is 0 Å². The van der Waals surface area contributed by atoms with Crippen LogP contribution in [0, 0.1) is 5.92 Å². The lowest BCUT2D eigenvalue weighted by atomic mass is 9.85.